The first-order chi connectivity index (χ1) is 14.2. The van der Waals surface area contributed by atoms with Gasteiger partial charge in [-0.1, -0.05) is 37.9 Å². The molecule has 1 heterocycles. The van der Waals surface area contributed by atoms with Gasteiger partial charge in [0.15, 0.2) is 0 Å². The van der Waals surface area contributed by atoms with Crippen LogP contribution in [0, 0.1) is 27.7 Å². The van der Waals surface area contributed by atoms with Gasteiger partial charge in [0.1, 0.15) is 0 Å². The van der Waals surface area contributed by atoms with Crippen LogP contribution in [-0.4, -0.2) is 16.4 Å². The van der Waals surface area contributed by atoms with Crippen molar-refractivity contribution in [3.05, 3.63) is 85.1 Å². The van der Waals surface area contributed by atoms with E-state index in [0.29, 0.717) is 0 Å². The number of nitrogens with zero attached hydrogens (tertiary/aromatic N) is 3. The van der Waals surface area contributed by atoms with E-state index in [-0.39, 0.29) is 0 Å². The predicted octanol–water partition coefficient (Wildman–Crippen LogP) is 8.12. The van der Waals surface area contributed by atoms with Crippen LogP contribution in [-0.2, 0) is 0 Å². The van der Waals surface area contributed by atoms with Crippen LogP contribution < -0.4 is 0 Å². The molecule has 1 aromatic heterocycles. The summed E-state index contributed by atoms with van der Waals surface area (Å²) < 4.78 is 2.14. The van der Waals surface area contributed by atoms with Crippen molar-refractivity contribution in [2.24, 2.45) is 9.98 Å². The number of aliphatic imine (C=N–C) groups is 2. The summed E-state index contributed by atoms with van der Waals surface area (Å²) in [5.74, 6) is 0. The van der Waals surface area contributed by atoms with Crippen LogP contribution in [0.25, 0.3) is 0 Å². The zero-order valence-electron chi connectivity index (χ0n) is 18.1. The lowest BCUT2D eigenvalue weighted by atomic mass is 10.1. The average molecular weight is 527 g/mol. The van der Waals surface area contributed by atoms with Crippen LogP contribution >= 0.6 is 31.9 Å². The number of aryl methyl sites for hydroxylation is 4. The van der Waals surface area contributed by atoms with Gasteiger partial charge < -0.3 is 0 Å². The average Bonchev–Trinajstić information content (AvgIpc) is 2.67. The zero-order chi connectivity index (χ0) is 22.0. The molecule has 0 N–H and O–H groups in total. The third kappa shape index (κ3) is 5.13. The van der Waals surface area contributed by atoms with Crippen LogP contribution in [0.2, 0.25) is 0 Å². The minimum Gasteiger partial charge on any atom is -0.251 e. The Kier molecular flexibility index (Phi) is 7.04. The van der Waals surface area contributed by atoms with Gasteiger partial charge in [0.2, 0.25) is 0 Å². The second kappa shape index (κ2) is 9.36. The summed E-state index contributed by atoms with van der Waals surface area (Å²) in [6, 6.07) is 14.3. The summed E-state index contributed by atoms with van der Waals surface area (Å²) in [7, 11) is 0. The number of aromatic nitrogens is 1. The van der Waals surface area contributed by atoms with Crippen LogP contribution in [0.4, 0.5) is 11.4 Å². The molecule has 0 aliphatic carbocycles. The molecule has 0 saturated heterocycles. The SMILES string of the molecule is CC(=Nc1c(C)cc(Br)cc1C)c1cccc(C(C)=Nc2c(C)cc(Br)cc2C)n1. The molecular weight excluding hydrogens is 502 g/mol. The second-order valence-electron chi connectivity index (χ2n) is 7.58. The molecule has 0 spiro atoms. The van der Waals surface area contributed by atoms with Crippen molar-refractivity contribution in [3.63, 3.8) is 0 Å². The summed E-state index contributed by atoms with van der Waals surface area (Å²) in [4.78, 5) is 14.6. The highest BCUT2D eigenvalue weighted by Crippen LogP contribution is 2.29. The first-order valence-electron chi connectivity index (χ1n) is 9.77. The molecule has 0 atom stereocenters. The molecule has 0 fully saturated rings. The van der Waals surface area contributed by atoms with Gasteiger partial charge in [-0.15, -0.1) is 0 Å². The van der Waals surface area contributed by atoms with Crippen molar-refractivity contribution in [1.29, 1.82) is 0 Å². The van der Waals surface area contributed by atoms with E-state index in [4.69, 9.17) is 15.0 Å². The molecule has 2 aromatic carbocycles. The normalized spacial score (nSPS) is 12.4. The smallest absolute Gasteiger partial charge is 0.0849 e. The van der Waals surface area contributed by atoms with E-state index in [1.165, 1.54) is 0 Å². The number of rotatable bonds is 4. The van der Waals surface area contributed by atoms with Crippen molar-refractivity contribution >= 4 is 54.7 Å². The van der Waals surface area contributed by atoms with Crippen LogP contribution in [0.3, 0.4) is 0 Å². The van der Waals surface area contributed by atoms with Gasteiger partial charge in [0.05, 0.1) is 34.2 Å². The molecule has 30 heavy (non-hydrogen) atoms. The Balaban J connectivity index is 1.99. The number of pyridine rings is 1. The summed E-state index contributed by atoms with van der Waals surface area (Å²) in [5, 5.41) is 0. The van der Waals surface area contributed by atoms with E-state index in [1.54, 1.807) is 0 Å². The summed E-state index contributed by atoms with van der Waals surface area (Å²) in [6.07, 6.45) is 0. The molecule has 3 rings (SSSR count). The first-order valence-corrected chi connectivity index (χ1v) is 11.4. The van der Waals surface area contributed by atoms with E-state index in [0.717, 1.165) is 65.4 Å². The Hall–Kier alpha value is -2.11. The highest BCUT2D eigenvalue weighted by molar-refractivity contribution is 9.10. The van der Waals surface area contributed by atoms with Crippen LogP contribution in [0.15, 0.2) is 61.4 Å². The highest BCUT2D eigenvalue weighted by Gasteiger charge is 2.09. The Bertz CT molecular complexity index is 1040. The molecule has 3 nitrogen and oxygen atoms in total. The zero-order valence-corrected chi connectivity index (χ0v) is 21.3. The molecule has 0 radical (unpaired) electrons. The van der Waals surface area contributed by atoms with Crippen molar-refractivity contribution in [1.82, 2.24) is 4.98 Å². The number of halogens is 2. The maximum absolute atomic E-state index is 4.88. The lowest BCUT2D eigenvalue weighted by molar-refractivity contribution is 1.22. The maximum Gasteiger partial charge on any atom is 0.0849 e. The molecule has 0 amide bonds. The van der Waals surface area contributed by atoms with Gasteiger partial charge >= 0.3 is 0 Å². The molecule has 0 aliphatic heterocycles. The summed E-state index contributed by atoms with van der Waals surface area (Å²) in [5.41, 5.74) is 10.0. The fourth-order valence-corrected chi connectivity index (χ4v) is 4.82. The van der Waals surface area contributed by atoms with Crippen molar-refractivity contribution in [3.8, 4) is 0 Å². The minimum absolute atomic E-state index is 0.855. The van der Waals surface area contributed by atoms with Crippen molar-refractivity contribution < 1.29 is 0 Å². The lowest BCUT2D eigenvalue weighted by Crippen LogP contribution is -2.05. The van der Waals surface area contributed by atoms with Gasteiger partial charge in [-0.05, 0) is 100 Å². The van der Waals surface area contributed by atoms with Gasteiger partial charge in [-0.2, -0.15) is 0 Å². The molecule has 3 aromatic rings. The summed E-state index contributed by atoms with van der Waals surface area (Å²) in [6.45, 7) is 12.3. The maximum atomic E-state index is 4.88. The van der Waals surface area contributed by atoms with Gasteiger partial charge in [0, 0.05) is 8.95 Å². The van der Waals surface area contributed by atoms with Gasteiger partial charge in [-0.25, -0.2) is 4.98 Å². The molecule has 0 bridgehead atoms. The van der Waals surface area contributed by atoms with Gasteiger partial charge in [0.25, 0.3) is 0 Å². The molecule has 0 unspecified atom stereocenters. The van der Waals surface area contributed by atoms with E-state index >= 15 is 0 Å². The molecule has 154 valence electrons. The van der Waals surface area contributed by atoms with E-state index in [9.17, 15) is 0 Å². The topological polar surface area (TPSA) is 37.6 Å². The minimum atomic E-state index is 0.855. The van der Waals surface area contributed by atoms with E-state index < -0.39 is 0 Å². The fourth-order valence-electron chi connectivity index (χ4n) is 3.45. The van der Waals surface area contributed by atoms with Crippen LogP contribution in [0.1, 0.15) is 47.5 Å². The fraction of sp³-hybridized carbons (Fsp3) is 0.240. The second-order valence-corrected chi connectivity index (χ2v) is 9.41. The number of hydrogen-bond acceptors (Lipinski definition) is 3. The van der Waals surface area contributed by atoms with Crippen molar-refractivity contribution in [2.75, 3.05) is 0 Å². The first kappa shape index (κ1) is 22.6. The monoisotopic (exact) mass is 525 g/mol. The molecule has 0 saturated carbocycles. The van der Waals surface area contributed by atoms with Crippen LogP contribution in [0.5, 0.6) is 0 Å². The third-order valence-electron chi connectivity index (χ3n) is 4.96. The lowest BCUT2D eigenvalue weighted by Gasteiger charge is -2.10. The largest absolute Gasteiger partial charge is 0.251 e. The number of benzene rings is 2. The number of hydrogen-bond donors (Lipinski definition) is 0. The van der Waals surface area contributed by atoms with Gasteiger partial charge in [-0.3, -0.25) is 9.98 Å². The van der Waals surface area contributed by atoms with E-state index in [1.807, 2.05) is 32.0 Å². The Morgan fingerprint density at radius 1 is 0.667 bits per heavy atom. The molecule has 5 heteroatoms. The quantitative estimate of drug-likeness (QED) is 0.316. The van der Waals surface area contributed by atoms with E-state index in [2.05, 4.69) is 83.8 Å². The molecule has 0 aliphatic rings. The van der Waals surface area contributed by atoms with Crippen molar-refractivity contribution in [2.45, 2.75) is 41.5 Å². The Labute approximate surface area is 195 Å². The summed E-state index contributed by atoms with van der Waals surface area (Å²) >= 11 is 7.10. The molecular formula is C25H25Br2N3. The Morgan fingerprint density at radius 3 is 1.33 bits per heavy atom. The standard InChI is InChI=1S/C25H25Br2N3/c1-14-10-20(26)11-15(2)24(14)28-18(5)22-8-7-9-23(30-22)19(6)29-25-16(3)12-21(27)13-17(25)4/h7-13H,1-6H3. The highest BCUT2D eigenvalue weighted by atomic mass is 79.9. The predicted molar refractivity (Wildman–Crippen MR) is 135 cm³/mol. The Morgan fingerprint density at radius 2 is 1.00 bits per heavy atom. The third-order valence-corrected chi connectivity index (χ3v) is 5.88.